The molecular formula is C10H20N2. The molecule has 2 rings (SSSR count). The van der Waals surface area contributed by atoms with Crippen LogP contribution in [-0.2, 0) is 0 Å². The summed E-state index contributed by atoms with van der Waals surface area (Å²) in [7, 11) is 2.25. The quantitative estimate of drug-likeness (QED) is 0.536. The first kappa shape index (κ1) is 8.52. The summed E-state index contributed by atoms with van der Waals surface area (Å²) in [6.07, 6.45) is 1.41. The number of likely N-dealkylation sites (tertiary alicyclic amines) is 2. The molecule has 2 nitrogen and oxygen atoms in total. The zero-order valence-electron chi connectivity index (χ0n) is 8.72. The van der Waals surface area contributed by atoms with Gasteiger partial charge in [0, 0.05) is 30.7 Å². The standard InChI is InChI=1S/C10H20N2/c1-9(2,3)12-7-10(8-12)5-6-11(10)4/h5-8H2,1-4H3. The molecule has 2 saturated heterocycles. The third kappa shape index (κ3) is 1.01. The van der Waals surface area contributed by atoms with Gasteiger partial charge < -0.3 is 0 Å². The summed E-state index contributed by atoms with van der Waals surface area (Å²) in [6.45, 7) is 10.8. The van der Waals surface area contributed by atoms with Crippen molar-refractivity contribution in [2.45, 2.75) is 38.3 Å². The van der Waals surface area contributed by atoms with Crippen molar-refractivity contribution < 1.29 is 0 Å². The third-order valence-corrected chi connectivity index (χ3v) is 3.64. The smallest absolute Gasteiger partial charge is 0.0472 e. The molecule has 0 aliphatic carbocycles. The second kappa shape index (κ2) is 2.24. The van der Waals surface area contributed by atoms with Crippen LogP contribution in [0.25, 0.3) is 0 Å². The molecule has 2 heterocycles. The Bertz CT molecular complexity index is 187. The van der Waals surface area contributed by atoms with Crippen LogP contribution in [-0.4, -0.2) is 47.6 Å². The van der Waals surface area contributed by atoms with Crippen LogP contribution in [0.3, 0.4) is 0 Å². The highest BCUT2D eigenvalue weighted by molar-refractivity contribution is 5.11. The molecule has 0 amide bonds. The van der Waals surface area contributed by atoms with Gasteiger partial charge in [0.2, 0.25) is 0 Å². The van der Waals surface area contributed by atoms with Gasteiger partial charge in [0.1, 0.15) is 0 Å². The number of rotatable bonds is 0. The van der Waals surface area contributed by atoms with Crippen LogP contribution in [0.1, 0.15) is 27.2 Å². The summed E-state index contributed by atoms with van der Waals surface area (Å²) in [6, 6.07) is 0. The van der Waals surface area contributed by atoms with Gasteiger partial charge in [-0.05, 0) is 34.2 Å². The zero-order chi connectivity index (χ0) is 8.98. The molecule has 0 saturated carbocycles. The van der Waals surface area contributed by atoms with Crippen molar-refractivity contribution in [1.29, 1.82) is 0 Å². The second-order valence-electron chi connectivity index (χ2n) is 5.42. The highest BCUT2D eigenvalue weighted by Crippen LogP contribution is 2.40. The Balaban J connectivity index is 1.91. The molecule has 0 atom stereocenters. The number of nitrogens with zero attached hydrogens (tertiary/aromatic N) is 2. The van der Waals surface area contributed by atoms with Gasteiger partial charge in [-0.1, -0.05) is 0 Å². The lowest BCUT2D eigenvalue weighted by molar-refractivity contribution is -0.138. The SMILES string of the molecule is CN1CCC12CN(C(C)(C)C)C2. The van der Waals surface area contributed by atoms with Crippen molar-refractivity contribution in [3.63, 3.8) is 0 Å². The van der Waals surface area contributed by atoms with E-state index < -0.39 is 0 Å². The van der Waals surface area contributed by atoms with E-state index in [1.54, 1.807) is 0 Å². The van der Waals surface area contributed by atoms with Gasteiger partial charge in [0.25, 0.3) is 0 Å². The fourth-order valence-electron chi connectivity index (χ4n) is 2.19. The van der Waals surface area contributed by atoms with Crippen molar-refractivity contribution in [2.24, 2.45) is 0 Å². The lowest BCUT2D eigenvalue weighted by Gasteiger charge is -2.64. The van der Waals surface area contributed by atoms with Gasteiger partial charge in [-0.25, -0.2) is 0 Å². The predicted octanol–water partition coefficient (Wildman–Crippen LogP) is 1.17. The summed E-state index contributed by atoms with van der Waals surface area (Å²) in [5, 5.41) is 0. The summed E-state index contributed by atoms with van der Waals surface area (Å²) in [5.41, 5.74) is 0.967. The first-order chi connectivity index (χ1) is 5.44. The highest BCUT2D eigenvalue weighted by Gasteiger charge is 2.53. The van der Waals surface area contributed by atoms with E-state index in [2.05, 4.69) is 37.6 Å². The van der Waals surface area contributed by atoms with Crippen LogP contribution in [0.2, 0.25) is 0 Å². The number of likely N-dealkylation sites (N-methyl/N-ethyl adjacent to an activating group) is 1. The largest absolute Gasteiger partial charge is 0.298 e. The van der Waals surface area contributed by atoms with E-state index in [9.17, 15) is 0 Å². The lowest BCUT2D eigenvalue weighted by atomic mass is 9.76. The number of hydrogen-bond donors (Lipinski definition) is 0. The molecule has 0 unspecified atom stereocenters. The summed E-state index contributed by atoms with van der Waals surface area (Å²) in [4.78, 5) is 5.08. The molecule has 0 aromatic rings. The molecule has 70 valence electrons. The maximum Gasteiger partial charge on any atom is 0.0472 e. The molecular weight excluding hydrogens is 148 g/mol. The van der Waals surface area contributed by atoms with Crippen molar-refractivity contribution in [2.75, 3.05) is 26.7 Å². The average Bonchev–Trinajstić information content (AvgIpc) is 1.78. The topological polar surface area (TPSA) is 6.48 Å². The zero-order valence-corrected chi connectivity index (χ0v) is 8.72. The van der Waals surface area contributed by atoms with Gasteiger partial charge in [-0.3, -0.25) is 9.80 Å². The Morgan fingerprint density at radius 3 is 2.00 bits per heavy atom. The molecule has 12 heavy (non-hydrogen) atoms. The van der Waals surface area contributed by atoms with Crippen LogP contribution in [0, 0.1) is 0 Å². The Morgan fingerprint density at radius 2 is 1.75 bits per heavy atom. The summed E-state index contributed by atoms with van der Waals surface area (Å²) in [5.74, 6) is 0. The molecule has 2 aliphatic rings. The van der Waals surface area contributed by atoms with E-state index in [4.69, 9.17) is 0 Å². The fraction of sp³-hybridized carbons (Fsp3) is 1.00. The molecule has 0 bridgehead atoms. The second-order valence-corrected chi connectivity index (χ2v) is 5.42. The summed E-state index contributed by atoms with van der Waals surface area (Å²) >= 11 is 0. The van der Waals surface area contributed by atoms with E-state index in [0.717, 1.165) is 0 Å². The predicted molar refractivity (Wildman–Crippen MR) is 51.3 cm³/mol. The van der Waals surface area contributed by atoms with E-state index in [1.165, 1.54) is 26.1 Å². The Hall–Kier alpha value is -0.0800. The van der Waals surface area contributed by atoms with Crippen molar-refractivity contribution >= 4 is 0 Å². The van der Waals surface area contributed by atoms with Crippen LogP contribution >= 0.6 is 0 Å². The van der Waals surface area contributed by atoms with Crippen LogP contribution in [0.4, 0.5) is 0 Å². The fourth-order valence-corrected chi connectivity index (χ4v) is 2.19. The molecule has 0 aromatic heterocycles. The lowest BCUT2D eigenvalue weighted by Crippen LogP contribution is -2.78. The molecule has 0 N–H and O–H groups in total. The molecule has 0 radical (unpaired) electrons. The maximum absolute atomic E-state index is 2.57. The van der Waals surface area contributed by atoms with Gasteiger partial charge in [-0.15, -0.1) is 0 Å². The molecule has 0 aromatic carbocycles. The maximum atomic E-state index is 2.57. The monoisotopic (exact) mass is 168 g/mol. The van der Waals surface area contributed by atoms with E-state index in [-0.39, 0.29) is 0 Å². The normalized spacial score (nSPS) is 30.0. The average molecular weight is 168 g/mol. The first-order valence-electron chi connectivity index (χ1n) is 4.90. The van der Waals surface area contributed by atoms with E-state index in [1.807, 2.05) is 0 Å². The number of hydrogen-bond acceptors (Lipinski definition) is 2. The van der Waals surface area contributed by atoms with Crippen molar-refractivity contribution in [1.82, 2.24) is 9.80 Å². The first-order valence-corrected chi connectivity index (χ1v) is 4.90. The van der Waals surface area contributed by atoms with Gasteiger partial charge in [-0.2, -0.15) is 0 Å². The highest BCUT2D eigenvalue weighted by atomic mass is 15.4. The minimum absolute atomic E-state index is 0.377. The van der Waals surface area contributed by atoms with E-state index >= 15 is 0 Å². The molecule has 2 heteroatoms. The van der Waals surface area contributed by atoms with Crippen LogP contribution in [0.5, 0.6) is 0 Å². The van der Waals surface area contributed by atoms with Gasteiger partial charge in [0.15, 0.2) is 0 Å². The third-order valence-electron chi connectivity index (χ3n) is 3.64. The van der Waals surface area contributed by atoms with Crippen LogP contribution < -0.4 is 0 Å². The Labute approximate surface area is 75.5 Å². The minimum atomic E-state index is 0.377. The summed E-state index contributed by atoms with van der Waals surface area (Å²) < 4.78 is 0. The van der Waals surface area contributed by atoms with Gasteiger partial charge >= 0.3 is 0 Å². The van der Waals surface area contributed by atoms with Crippen LogP contribution in [0.15, 0.2) is 0 Å². The molecule has 2 fully saturated rings. The van der Waals surface area contributed by atoms with Gasteiger partial charge in [0.05, 0.1) is 0 Å². The van der Waals surface area contributed by atoms with E-state index in [0.29, 0.717) is 11.1 Å². The van der Waals surface area contributed by atoms with Crippen molar-refractivity contribution in [3.8, 4) is 0 Å². The minimum Gasteiger partial charge on any atom is -0.298 e. The Kier molecular flexibility index (Phi) is 1.59. The van der Waals surface area contributed by atoms with Crippen molar-refractivity contribution in [3.05, 3.63) is 0 Å². The Morgan fingerprint density at radius 1 is 1.17 bits per heavy atom. The molecule has 1 spiro atoms. The molecule has 2 aliphatic heterocycles.